The first-order chi connectivity index (χ1) is 14.4. The monoisotopic (exact) mass is 435 g/mol. The molecule has 168 valence electrons. The zero-order valence-corrected chi connectivity index (χ0v) is 18.5. The van der Waals surface area contributed by atoms with E-state index in [4.69, 9.17) is 0 Å². The highest BCUT2D eigenvalue weighted by Crippen LogP contribution is 2.35. The number of amides is 1. The van der Waals surface area contributed by atoms with Crippen LogP contribution in [0.3, 0.4) is 0 Å². The molecule has 1 aliphatic rings. The van der Waals surface area contributed by atoms with Crippen molar-refractivity contribution in [2.45, 2.75) is 58.9 Å². The Hall–Kier alpha value is -2.97. The largest absolute Gasteiger partial charge is 0.432 e. The van der Waals surface area contributed by atoms with Crippen LogP contribution in [-0.4, -0.2) is 50.9 Å². The fourth-order valence-electron chi connectivity index (χ4n) is 3.72. The lowest BCUT2D eigenvalue weighted by Gasteiger charge is -2.32. The number of benzene rings is 1. The third-order valence-electron chi connectivity index (χ3n) is 5.65. The lowest BCUT2D eigenvalue weighted by Crippen LogP contribution is -2.45. The Morgan fingerprint density at radius 3 is 2.29 bits per heavy atom. The van der Waals surface area contributed by atoms with Crippen LogP contribution in [-0.2, 0) is 4.79 Å². The SMILES string of the molecule is Cc1ccc(-n2ncc(NC(=O)[C@H](C)N3C=C(C(F)(F)F)N(C)C3C)c2C(C)C)cc1. The van der Waals surface area contributed by atoms with Crippen LogP contribution in [0.25, 0.3) is 5.69 Å². The second-order valence-electron chi connectivity index (χ2n) is 8.21. The van der Waals surface area contributed by atoms with Crippen LogP contribution in [0, 0.1) is 6.92 Å². The normalized spacial score (nSPS) is 17.9. The number of aryl methyl sites for hydroxylation is 1. The van der Waals surface area contributed by atoms with Crippen LogP contribution in [0.15, 0.2) is 42.4 Å². The summed E-state index contributed by atoms with van der Waals surface area (Å²) in [5.74, 6) is -0.340. The number of anilines is 1. The second-order valence-corrected chi connectivity index (χ2v) is 8.21. The van der Waals surface area contributed by atoms with Gasteiger partial charge in [-0.2, -0.15) is 18.3 Å². The van der Waals surface area contributed by atoms with Crippen molar-refractivity contribution >= 4 is 11.6 Å². The standard InChI is InChI=1S/C22H28F3N5O/c1-13(2)20-18(11-26-30(20)17-9-7-14(3)8-10-17)27-21(31)15(4)29-12-19(22(23,24)25)28(6)16(29)5/h7-13,15-16H,1-6H3,(H,27,31)/t15-,16?/m0/s1. The van der Waals surface area contributed by atoms with E-state index in [1.54, 1.807) is 24.7 Å². The molecule has 1 amide bonds. The average molecular weight is 435 g/mol. The smallest absolute Gasteiger partial charge is 0.349 e. The van der Waals surface area contributed by atoms with Crippen LogP contribution in [0.1, 0.15) is 44.9 Å². The molecule has 1 N–H and O–H groups in total. The first-order valence-corrected chi connectivity index (χ1v) is 10.2. The molecular formula is C22H28F3N5O. The molecule has 0 radical (unpaired) electrons. The molecule has 9 heteroatoms. The average Bonchev–Trinajstić information content (AvgIpc) is 3.23. The molecule has 31 heavy (non-hydrogen) atoms. The third kappa shape index (κ3) is 4.40. The van der Waals surface area contributed by atoms with E-state index in [1.165, 1.54) is 11.9 Å². The zero-order chi connectivity index (χ0) is 23.1. The number of nitrogens with zero attached hydrogens (tertiary/aromatic N) is 4. The van der Waals surface area contributed by atoms with Gasteiger partial charge in [-0.15, -0.1) is 0 Å². The third-order valence-corrected chi connectivity index (χ3v) is 5.65. The quantitative estimate of drug-likeness (QED) is 0.744. The van der Waals surface area contributed by atoms with Crippen molar-refractivity contribution in [2.75, 3.05) is 12.4 Å². The second kappa shape index (κ2) is 8.28. The number of allylic oxidation sites excluding steroid dienone is 1. The van der Waals surface area contributed by atoms with Crippen molar-refractivity contribution in [3.8, 4) is 5.69 Å². The Morgan fingerprint density at radius 1 is 1.16 bits per heavy atom. The Morgan fingerprint density at radius 2 is 1.77 bits per heavy atom. The van der Waals surface area contributed by atoms with Gasteiger partial charge in [0, 0.05) is 13.2 Å². The van der Waals surface area contributed by atoms with E-state index < -0.39 is 30.0 Å². The van der Waals surface area contributed by atoms with Gasteiger partial charge in [-0.1, -0.05) is 31.5 Å². The Balaban J connectivity index is 1.85. The summed E-state index contributed by atoms with van der Waals surface area (Å²) in [7, 11) is 1.37. The fourth-order valence-corrected chi connectivity index (χ4v) is 3.72. The summed E-state index contributed by atoms with van der Waals surface area (Å²) < 4.78 is 41.5. The minimum absolute atomic E-state index is 0.0583. The summed E-state index contributed by atoms with van der Waals surface area (Å²) in [4.78, 5) is 15.5. The van der Waals surface area contributed by atoms with Gasteiger partial charge in [-0.3, -0.25) is 4.79 Å². The van der Waals surface area contributed by atoms with E-state index in [0.717, 1.165) is 28.0 Å². The number of alkyl halides is 3. The van der Waals surface area contributed by atoms with Crippen LogP contribution in [0.4, 0.5) is 18.9 Å². The Labute approximate surface area is 180 Å². The van der Waals surface area contributed by atoms with Crippen LogP contribution in [0.5, 0.6) is 0 Å². The number of nitrogens with one attached hydrogen (secondary N) is 1. The van der Waals surface area contributed by atoms with Gasteiger partial charge < -0.3 is 15.1 Å². The highest BCUT2D eigenvalue weighted by Gasteiger charge is 2.44. The van der Waals surface area contributed by atoms with Crippen molar-refractivity contribution in [3.05, 3.63) is 53.6 Å². The maximum atomic E-state index is 13.3. The van der Waals surface area contributed by atoms with Gasteiger partial charge in [0.2, 0.25) is 5.91 Å². The van der Waals surface area contributed by atoms with Gasteiger partial charge >= 0.3 is 6.18 Å². The molecular weight excluding hydrogens is 407 g/mol. The number of hydrogen-bond donors (Lipinski definition) is 1. The summed E-state index contributed by atoms with van der Waals surface area (Å²) >= 11 is 0. The first-order valence-electron chi connectivity index (χ1n) is 10.2. The zero-order valence-electron chi connectivity index (χ0n) is 18.5. The number of rotatable bonds is 5. The molecule has 0 aliphatic carbocycles. The summed E-state index contributed by atoms with van der Waals surface area (Å²) in [6.07, 6.45) is -2.49. The maximum Gasteiger partial charge on any atom is 0.432 e. The van der Waals surface area contributed by atoms with Crippen molar-refractivity contribution in [1.82, 2.24) is 19.6 Å². The molecule has 2 heterocycles. The van der Waals surface area contributed by atoms with E-state index in [9.17, 15) is 18.0 Å². The topological polar surface area (TPSA) is 53.4 Å². The predicted molar refractivity (Wildman–Crippen MR) is 114 cm³/mol. The van der Waals surface area contributed by atoms with Gasteiger partial charge in [0.1, 0.15) is 11.7 Å². The van der Waals surface area contributed by atoms with E-state index >= 15 is 0 Å². The highest BCUT2D eigenvalue weighted by molar-refractivity contribution is 5.95. The highest BCUT2D eigenvalue weighted by atomic mass is 19.4. The van der Waals surface area contributed by atoms with Crippen LogP contribution in [0.2, 0.25) is 0 Å². The van der Waals surface area contributed by atoms with Gasteiger partial charge in [0.05, 0.1) is 29.4 Å². The molecule has 0 spiro atoms. The van der Waals surface area contributed by atoms with Crippen molar-refractivity contribution in [1.29, 1.82) is 0 Å². The lowest BCUT2D eigenvalue weighted by molar-refractivity contribution is -0.121. The van der Waals surface area contributed by atoms with E-state index in [2.05, 4.69) is 10.4 Å². The van der Waals surface area contributed by atoms with Crippen molar-refractivity contribution in [2.24, 2.45) is 0 Å². The number of halogens is 3. The molecule has 2 atom stereocenters. The summed E-state index contributed by atoms with van der Waals surface area (Å²) in [5.41, 5.74) is 2.60. The van der Waals surface area contributed by atoms with Crippen LogP contribution >= 0.6 is 0 Å². The summed E-state index contributed by atoms with van der Waals surface area (Å²) in [6, 6.07) is 7.07. The summed E-state index contributed by atoms with van der Waals surface area (Å²) in [6.45, 7) is 9.22. The molecule has 6 nitrogen and oxygen atoms in total. The minimum atomic E-state index is -4.48. The van der Waals surface area contributed by atoms with E-state index in [0.29, 0.717) is 5.69 Å². The van der Waals surface area contributed by atoms with Crippen molar-refractivity contribution in [3.63, 3.8) is 0 Å². The maximum absolute atomic E-state index is 13.3. The number of aromatic nitrogens is 2. The molecule has 0 fully saturated rings. The molecule has 1 aliphatic heterocycles. The first kappa shape index (κ1) is 22.7. The Bertz CT molecular complexity index is 978. The molecule has 1 aromatic heterocycles. The van der Waals surface area contributed by atoms with E-state index in [1.807, 2.05) is 45.0 Å². The molecule has 3 rings (SSSR count). The molecule has 1 aromatic carbocycles. The van der Waals surface area contributed by atoms with Crippen LogP contribution < -0.4 is 5.32 Å². The number of carbonyl (C=O) groups is 1. The molecule has 0 saturated carbocycles. The van der Waals surface area contributed by atoms with Gasteiger partial charge in [0.25, 0.3) is 0 Å². The number of hydrogen-bond acceptors (Lipinski definition) is 4. The van der Waals surface area contributed by atoms with Crippen molar-refractivity contribution < 1.29 is 18.0 Å². The van der Waals surface area contributed by atoms with Gasteiger partial charge in [-0.05, 0) is 38.8 Å². The molecule has 0 saturated heterocycles. The lowest BCUT2D eigenvalue weighted by atomic mass is 10.1. The van der Waals surface area contributed by atoms with E-state index in [-0.39, 0.29) is 5.92 Å². The summed E-state index contributed by atoms with van der Waals surface area (Å²) in [5, 5.41) is 7.30. The van der Waals surface area contributed by atoms with Gasteiger partial charge in [-0.25, -0.2) is 4.68 Å². The molecule has 1 unspecified atom stereocenters. The van der Waals surface area contributed by atoms with Gasteiger partial charge in [0.15, 0.2) is 0 Å². The molecule has 2 aromatic rings. The fraction of sp³-hybridized carbons (Fsp3) is 0.455. The minimum Gasteiger partial charge on any atom is -0.349 e. The predicted octanol–water partition coefficient (Wildman–Crippen LogP) is 4.63. The number of carbonyl (C=O) groups excluding carboxylic acids is 1. The Kier molecular flexibility index (Phi) is 6.07. The molecule has 0 bridgehead atoms.